The number of hydrogen-bond acceptors (Lipinski definition) is 4. The van der Waals surface area contributed by atoms with Crippen molar-refractivity contribution in [1.82, 2.24) is 0 Å². The molecule has 4 atom stereocenters. The molecule has 29 heavy (non-hydrogen) atoms. The van der Waals surface area contributed by atoms with Crippen molar-refractivity contribution in [2.24, 2.45) is 5.92 Å². The molecule has 0 spiro atoms. The Bertz CT molecular complexity index is 734. The van der Waals surface area contributed by atoms with Gasteiger partial charge in [-0.3, -0.25) is 4.79 Å². The lowest BCUT2D eigenvalue weighted by molar-refractivity contribution is -0.167. The maximum atomic E-state index is 12.1. The highest BCUT2D eigenvalue weighted by molar-refractivity contribution is 5.96. The summed E-state index contributed by atoms with van der Waals surface area (Å²) in [6.45, 7) is 14.1. The molecule has 160 valence electrons. The number of hydrogen-bond donors (Lipinski definition) is 1. The Balaban J connectivity index is 2.13. The van der Waals surface area contributed by atoms with Gasteiger partial charge in [0.2, 0.25) is 0 Å². The number of ether oxygens (including phenoxy) is 2. The summed E-state index contributed by atoms with van der Waals surface area (Å²) in [6, 6.07) is 0. The predicted molar refractivity (Wildman–Crippen MR) is 117 cm³/mol. The summed E-state index contributed by atoms with van der Waals surface area (Å²) in [5, 5.41) is 9.82. The zero-order valence-electron chi connectivity index (χ0n) is 18.5. The fourth-order valence-electron chi connectivity index (χ4n) is 3.79. The lowest BCUT2D eigenvalue weighted by Gasteiger charge is -2.37. The van der Waals surface area contributed by atoms with Crippen molar-refractivity contribution in [3.8, 4) is 0 Å². The SMILES string of the molecule is C=C(C)CC(/C=C(\C)CCC=C(C)C)OC1C=C(CO)C2CC(=O)C(C)=CC2O1. The Hall–Kier alpha value is -1.75. The molecular formula is C25H36O4. The van der Waals surface area contributed by atoms with Gasteiger partial charge < -0.3 is 14.6 Å². The third-order valence-corrected chi connectivity index (χ3v) is 5.38. The topological polar surface area (TPSA) is 55.8 Å². The monoisotopic (exact) mass is 400 g/mol. The molecule has 1 heterocycles. The van der Waals surface area contributed by atoms with Crippen LogP contribution in [0.25, 0.3) is 0 Å². The van der Waals surface area contributed by atoms with Crippen LogP contribution in [0.5, 0.6) is 0 Å². The van der Waals surface area contributed by atoms with E-state index in [1.165, 1.54) is 11.1 Å². The van der Waals surface area contributed by atoms with Crippen LogP contribution in [0.15, 0.2) is 58.7 Å². The van der Waals surface area contributed by atoms with Gasteiger partial charge in [-0.05, 0) is 77.2 Å². The molecule has 0 saturated heterocycles. The summed E-state index contributed by atoms with van der Waals surface area (Å²) in [4.78, 5) is 12.1. The van der Waals surface area contributed by atoms with Gasteiger partial charge in [0.15, 0.2) is 12.1 Å². The largest absolute Gasteiger partial charge is 0.392 e. The van der Waals surface area contributed by atoms with Crippen molar-refractivity contribution < 1.29 is 19.4 Å². The zero-order chi connectivity index (χ0) is 21.6. The molecule has 0 bridgehead atoms. The number of rotatable bonds is 9. The summed E-state index contributed by atoms with van der Waals surface area (Å²) < 4.78 is 12.4. The van der Waals surface area contributed by atoms with Gasteiger partial charge in [-0.25, -0.2) is 0 Å². The number of aliphatic hydroxyl groups is 1. The Morgan fingerprint density at radius 3 is 2.69 bits per heavy atom. The molecule has 1 aliphatic carbocycles. The minimum atomic E-state index is -0.554. The van der Waals surface area contributed by atoms with E-state index in [1.807, 2.05) is 26.0 Å². The van der Waals surface area contributed by atoms with Gasteiger partial charge in [-0.15, -0.1) is 6.58 Å². The van der Waals surface area contributed by atoms with Gasteiger partial charge in [0.05, 0.1) is 18.8 Å². The first-order valence-electron chi connectivity index (χ1n) is 10.5. The Morgan fingerprint density at radius 2 is 2.07 bits per heavy atom. The second-order valence-electron chi connectivity index (χ2n) is 8.62. The highest BCUT2D eigenvalue weighted by Gasteiger charge is 2.37. The van der Waals surface area contributed by atoms with E-state index in [2.05, 4.69) is 39.5 Å². The van der Waals surface area contributed by atoms with Gasteiger partial charge in [-0.1, -0.05) is 28.9 Å². The molecule has 1 N–H and O–H groups in total. The van der Waals surface area contributed by atoms with Crippen molar-refractivity contribution in [2.45, 2.75) is 78.8 Å². The number of Topliss-reactive ketones (excluding diaryl/α,β-unsaturated/α-hetero) is 1. The van der Waals surface area contributed by atoms with E-state index in [0.717, 1.165) is 29.6 Å². The van der Waals surface area contributed by atoms with Gasteiger partial charge in [-0.2, -0.15) is 0 Å². The molecular weight excluding hydrogens is 364 g/mol. The summed E-state index contributed by atoms with van der Waals surface area (Å²) >= 11 is 0. The molecule has 0 fully saturated rings. The minimum Gasteiger partial charge on any atom is -0.392 e. The molecule has 4 unspecified atom stereocenters. The average molecular weight is 401 g/mol. The lowest BCUT2D eigenvalue weighted by Crippen LogP contribution is -2.40. The van der Waals surface area contributed by atoms with Crippen molar-refractivity contribution in [3.63, 3.8) is 0 Å². The molecule has 2 aliphatic rings. The highest BCUT2D eigenvalue weighted by atomic mass is 16.7. The van der Waals surface area contributed by atoms with Crippen LogP contribution in [0, 0.1) is 5.92 Å². The normalized spacial score (nSPS) is 25.7. The maximum Gasteiger partial charge on any atom is 0.178 e. The second kappa shape index (κ2) is 10.9. The van der Waals surface area contributed by atoms with Crippen molar-refractivity contribution in [2.75, 3.05) is 6.61 Å². The van der Waals surface area contributed by atoms with Crippen LogP contribution in [0.4, 0.5) is 0 Å². The first kappa shape index (κ1) is 23.5. The van der Waals surface area contributed by atoms with Crippen LogP contribution in [-0.2, 0) is 14.3 Å². The molecule has 4 heteroatoms. The first-order valence-corrected chi connectivity index (χ1v) is 10.5. The number of carbonyl (C=O) groups excluding carboxylic acids is 1. The Morgan fingerprint density at radius 1 is 1.34 bits per heavy atom. The third kappa shape index (κ3) is 7.22. The summed E-state index contributed by atoms with van der Waals surface area (Å²) in [5.41, 5.74) is 5.18. The lowest BCUT2D eigenvalue weighted by atomic mass is 9.80. The molecule has 0 saturated carbocycles. The van der Waals surface area contributed by atoms with Crippen molar-refractivity contribution in [3.05, 3.63) is 58.7 Å². The number of aliphatic hydroxyl groups excluding tert-OH is 1. The minimum absolute atomic E-state index is 0.0900. The van der Waals surface area contributed by atoms with Crippen LogP contribution >= 0.6 is 0 Å². The van der Waals surface area contributed by atoms with E-state index < -0.39 is 6.29 Å². The van der Waals surface area contributed by atoms with Crippen LogP contribution in [0.1, 0.15) is 60.3 Å². The summed E-state index contributed by atoms with van der Waals surface area (Å²) in [7, 11) is 0. The van der Waals surface area contributed by atoms with E-state index in [1.54, 1.807) is 0 Å². The third-order valence-electron chi connectivity index (χ3n) is 5.38. The molecule has 4 nitrogen and oxygen atoms in total. The number of ketones is 1. The number of fused-ring (bicyclic) bond motifs is 1. The van der Waals surface area contributed by atoms with Crippen LogP contribution < -0.4 is 0 Å². The molecule has 1 aliphatic heterocycles. The van der Waals surface area contributed by atoms with E-state index >= 15 is 0 Å². The molecule has 0 aromatic carbocycles. The van der Waals surface area contributed by atoms with Gasteiger partial charge in [0, 0.05) is 12.3 Å². The Kier molecular flexibility index (Phi) is 8.81. The average Bonchev–Trinajstić information content (AvgIpc) is 2.61. The maximum absolute atomic E-state index is 12.1. The van der Waals surface area contributed by atoms with Gasteiger partial charge in [0.25, 0.3) is 0 Å². The van der Waals surface area contributed by atoms with E-state index in [0.29, 0.717) is 12.8 Å². The van der Waals surface area contributed by atoms with Crippen molar-refractivity contribution >= 4 is 5.78 Å². The standard InChI is InChI=1S/C25H36O4/c1-16(2)8-7-9-18(5)11-21(10-17(3)4)28-25-13-20(15-26)22-14-23(27)19(6)12-24(22)29-25/h8,11-13,21-22,24-26H,3,7,9-10,14-15H2,1-2,4-6H3/b18-11+. The number of allylic oxidation sites excluding steroid dienone is 4. The molecule has 0 radical (unpaired) electrons. The number of carbonyl (C=O) groups is 1. The van der Waals surface area contributed by atoms with E-state index in [-0.39, 0.29) is 30.5 Å². The summed E-state index contributed by atoms with van der Waals surface area (Å²) in [5.74, 6) is 0.0145. The van der Waals surface area contributed by atoms with Gasteiger partial charge >= 0.3 is 0 Å². The fourth-order valence-corrected chi connectivity index (χ4v) is 3.79. The molecule has 2 rings (SSSR count). The molecule has 0 amide bonds. The quantitative estimate of drug-likeness (QED) is 0.540. The second-order valence-corrected chi connectivity index (χ2v) is 8.62. The van der Waals surface area contributed by atoms with Gasteiger partial charge in [0.1, 0.15) is 0 Å². The Labute approximate surface area is 175 Å². The predicted octanol–water partition coefficient (Wildman–Crippen LogP) is 5.21. The van der Waals surface area contributed by atoms with Crippen molar-refractivity contribution in [1.29, 1.82) is 0 Å². The van der Waals surface area contributed by atoms with E-state index in [9.17, 15) is 9.90 Å². The molecule has 0 aromatic heterocycles. The summed E-state index contributed by atoms with van der Waals surface area (Å²) in [6.07, 6.45) is 10.2. The first-order chi connectivity index (χ1) is 13.7. The smallest absolute Gasteiger partial charge is 0.178 e. The van der Waals surface area contributed by atoms with Crippen LogP contribution in [-0.4, -0.2) is 36.0 Å². The fraction of sp³-hybridized carbons (Fsp3) is 0.560. The van der Waals surface area contributed by atoms with Crippen LogP contribution in [0.2, 0.25) is 0 Å². The highest BCUT2D eigenvalue weighted by Crippen LogP contribution is 2.35. The molecule has 0 aromatic rings. The van der Waals surface area contributed by atoms with Crippen LogP contribution in [0.3, 0.4) is 0 Å². The van der Waals surface area contributed by atoms with E-state index in [4.69, 9.17) is 9.47 Å². The zero-order valence-corrected chi connectivity index (χ0v) is 18.5.